The molecule has 0 unspecified atom stereocenters. The molecule has 1 heterocycles. The number of rotatable bonds is 4. The van der Waals surface area contributed by atoms with Gasteiger partial charge in [-0.1, -0.05) is 24.3 Å². The highest BCUT2D eigenvalue weighted by Crippen LogP contribution is 2.31. The molecule has 0 bridgehead atoms. The van der Waals surface area contributed by atoms with Crippen molar-refractivity contribution in [2.24, 2.45) is 0 Å². The maximum Gasteiger partial charge on any atom is 0.257 e. The van der Waals surface area contributed by atoms with Crippen LogP contribution in [0.25, 0.3) is 10.9 Å². The molecule has 4 heteroatoms. The number of hydrogen-bond donors (Lipinski definition) is 1. The molecule has 0 spiro atoms. The van der Waals surface area contributed by atoms with E-state index in [9.17, 15) is 9.18 Å². The number of benzene rings is 2. The van der Waals surface area contributed by atoms with Gasteiger partial charge in [0.1, 0.15) is 5.82 Å². The second kappa shape index (κ2) is 5.54. The van der Waals surface area contributed by atoms with E-state index in [0.717, 1.165) is 29.3 Å². The van der Waals surface area contributed by atoms with Crippen molar-refractivity contribution in [1.29, 1.82) is 0 Å². The summed E-state index contributed by atoms with van der Waals surface area (Å²) in [6, 6.07) is 14.5. The molecule has 2 aromatic carbocycles. The van der Waals surface area contributed by atoms with E-state index in [1.165, 1.54) is 6.07 Å². The highest BCUT2D eigenvalue weighted by atomic mass is 19.1. The summed E-state index contributed by atoms with van der Waals surface area (Å²) in [5.41, 5.74) is 2.29. The van der Waals surface area contributed by atoms with Crippen LogP contribution in [0.3, 0.4) is 0 Å². The van der Waals surface area contributed by atoms with Crippen LogP contribution in [0, 0.1) is 5.82 Å². The number of H-pyrrole nitrogens is 1. The van der Waals surface area contributed by atoms with E-state index in [0.29, 0.717) is 6.54 Å². The van der Waals surface area contributed by atoms with Crippen LogP contribution in [0.4, 0.5) is 4.39 Å². The van der Waals surface area contributed by atoms with Gasteiger partial charge in [-0.3, -0.25) is 4.79 Å². The van der Waals surface area contributed by atoms with Gasteiger partial charge < -0.3 is 9.88 Å². The predicted molar refractivity (Wildman–Crippen MR) is 87.6 cm³/mol. The van der Waals surface area contributed by atoms with Gasteiger partial charge in [-0.25, -0.2) is 4.39 Å². The van der Waals surface area contributed by atoms with Crippen molar-refractivity contribution < 1.29 is 9.18 Å². The molecule has 0 atom stereocenters. The summed E-state index contributed by atoms with van der Waals surface area (Å²) in [4.78, 5) is 17.8. The molecule has 1 aliphatic carbocycles. The monoisotopic (exact) mass is 308 g/mol. The first-order valence-electron chi connectivity index (χ1n) is 7.84. The van der Waals surface area contributed by atoms with Crippen LogP contribution in [0.1, 0.15) is 28.8 Å². The van der Waals surface area contributed by atoms with Crippen molar-refractivity contribution in [3.05, 3.63) is 71.7 Å². The Labute approximate surface area is 133 Å². The number of aromatic amines is 1. The van der Waals surface area contributed by atoms with Gasteiger partial charge in [-0.15, -0.1) is 0 Å². The molecule has 1 fully saturated rings. The number of amides is 1. The standard InChI is InChI=1S/C19H17FN2O/c20-17-6-2-1-5-16(17)19(23)22(14-8-9-14)12-13-4-3-7-18-15(13)10-11-21-18/h1-7,10-11,14,21H,8-9,12H2. The number of nitrogens with zero attached hydrogens (tertiary/aromatic N) is 1. The number of nitrogens with one attached hydrogen (secondary N) is 1. The molecule has 4 rings (SSSR count). The van der Waals surface area contributed by atoms with Crippen molar-refractivity contribution in [3.63, 3.8) is 0 Å². The maximum absolute atomic E-state index is 14.0. The Bertz CT molecular complexity index is 866. The maximum atomic E-state index is 14.0. The van der Waals surface area contributed by atoms with Crippen LogP contribution >= 0.6 is 0 Å². The van der Waals surface area contributed by atoms with Crippen LogP contribution in [0.5, 0.6) is 0 Å². The normalized spacial score (nSPS) is 14.1. The van der Waals surface area contributed by atoms with Crippen molar-refractivity contribution in [1.82, 2.24) is 9.88 Å². The summed E-state index contributed by atoms with van der Waals surface area (Å²) >= 11 is 0. The lowest BCUT2D eigenvalue weighted by Gasteiger charge is -2.23. The van der Waals surface area contributed by atoms with Gasteiger partial charge in [0.2, 0.25) is 0 Å². The Kier molecular flexibility index (Phi) is 3.37. The zero-order chi connectivity index (χ0) is 15.8. The Hall–Kier alpha value is -2.62. The SMILES string of the molecule is O=C(c1ccccc1F)N(Cc1cccc2[nH]ccc12)C1CC1. The molecule has 3 nitrogen and oxygen atoms in total. The van der Waals surface area contributed by atoms with Crippen molar-refractivity contribution in [2.75, 3.05) is 0 Å². The fraction of sp³-hybridized carbons (Fsp3) is 0.211. The van der Waals surface area contributed by atoms with Gasteiger partial charge in [0.25, 0.3) is 5.91 Å². The minimum atomic E-state index is -0.456. The van der Waals surface area contributed by atoms with Gasteiger partial charge in [-0.2, -0.15) is 0 Å². The van der Waals surface area contributed by atoms with Gasteiger partial charge in [0.15, 0.2) is 0 Å². The fourth-order valence-corrected chi connectivity index (χ4v) is 3.01. The fourth-order valence-electron chi connectivity index (χ4n) is 3.01. The Morgan fingerprint density at radius 1 is 1.13 bits per heavy atom. The number of carbonyl (C=O) groups is 1. The molecule has 3 aromatic rings. The third-order valence-electron chi connectivity index (χ3n) is 4.38. The van der Waals surface area contributed by atoms with Gasteiger partial charge in [0, 0.05) is 29.7 Å². The first-order chi connectivity index (χ1) is 11.2. The van der Waals surface area contributed by atoms with Crippen molar-refractivity contribution >= 4 is 16.8 Å². The summed E-state index contributed by atoms with van der Waals surface area (Å²) in [6.45, 7) is 0.507. The van der Waals surface area contributed by atoms with Gasteiger partial charge >= 0.3 is 0 Å². The minimum absolute atomic E-state index is 0.153. The van der Waals surface area contributed by atoms with Gasteiger partial charge in [-0.05, 0) is 42.7 Å². The average molecular weight is 308 g/mol. The van der Waals surface area contributed by atoms with E-state index in [-0.39, 0.29) is 17.5 Å². The third kappa shape index (κ3) is 2.61. The molecule has 1 saturated carbocycles. The van der Waals surface area contributed by atoms with Crippen LogP contribution in [-0.2, 0) is 6.54 Å². The van der Waals surface area contributed by atoms with Crippen LogP contribution in [-0.4, -0.2) is 21.8 Å². The molecule has 116 valence electrons. The van der Waals surface area contributed by atoms with Crippen LogP contribution < -0.4 is 0 Å². The average Bonchev–Trinajstić information content (AvgIpc) is 3.28. The zero-order valence-electron chi connectivity index (χ0n) is 12.6. The molecular formula is C19H17FN2O. The molecule has 1 aliphatic rings. The van der Waals surface area contributed by atoms with E-state index >= 15 is 0 Å². The number of carbonyl (C=O) groups excluding carboxylic acids is 1. The highest BCUT2D eigenvalue weighted by molar-refractivity contribution is 5.95. The molecule has 0 saturated heterocycles. The van der Waals surface area contributed by atoms with E-state index in [1.54, 1.807) is 23.1 Å². The Morgan fingerprint density at radius 3 is 2.74 bits per heavy atom. The molecule has 1 N–H and O–H groups in total. The molecule has 0 aliphatic heterocycles. The minimum Gasteiger partial charge on any atom is -0.361 e. The second-order valence-corrected chi connectivity index (χ2v) is 6.00. The lowest BCUT2D eigenvalue weighted by molar-refractivity contribution is 0.0726. The topological polar surface area (TPSA) is 36.1 Å². The summed E-state index contributed by atoms with van der Waals surface area (Å²) in [5, 5.41) is 1.11. The number of halogens is 1. The third-order valence-corrected chi connectivity index (χ3v) is 4.38. The predicted octanol–water partition coefficient (Wildman–Crippen LogP) is 4.11. The second-order valence-electron chi connectivity index (χ2n) is 6.00. The number of aromatic nitrogens is 1. The first-order valence-corrected chi connectivity index (χ1v) is 7.84. The van der Waals surface area contributed by atoms with E-state index in [1.807, 2.05) is 30.5 Å². The van der Waals surface area contributed by atoms with E-state index < -0.39 is 5.82 Å². The summed E-state index contributed by atoms with van der Waals surface area (Å²) in [6.07, 6.45) is 3.88. The van der Waals surface area contributed by atoms with Gasteiger partial charge in [0.05, 0.1) is 5.56 Å². The number of hydrogen-bond acceptors (Lipinski definition) is 1. The lowest BCUT2D eigenvalue weighted by atomic mass is 10.1. The summed E-state index contributed by atoms with van der Waals surface area (Å²) < 4.78 is 14.0. The van der Waals surface area contributed by atoms with Crippen LogP contribution in [0.2, 0.25) is 0 Å². The largest absolute Gasteiger partial charge is 0.361 e. The zero-order valence-corrected chi connectivity index (χ0v) is 12.6. The lowest BCUT2D eigenvalue weighted by Crippen LogP contribution is -2.33. The van der Waals surface area contributed by atoms with E-state index in [4.69, 9.17) is 0 Å². The number of fused-ring (bicyclic) bond motifs is 1. The molecule has 1 aromatic heterocycles. The smallest absolute Gasteiger partial charge is 0.257 e. The molecule has 23 heavy (non-hydrogen) atoms. The Morgan fingerprint density at radius 2 is 1.96 bits per heavy atom. The first kappa shape index (κ1) is 14.0. The van der Waals surface area contributed by atoms with Crippen molar-refractivity contribution in [2.45, 2.75) is 25.4 Å². The van der Waals surface area contributed by atoms with Crippen molar-refractivity contribution in [3.8, 4) is 0 Å². The summed E-state index contributed by atoms with van der Waals surface area (Å²) in [7, 11) is 0. The van der Waals surface area contributed by atoms with E-state index in [2.05, 4.69) is 4.98 Å². The Balaban J connectivity index is 1.68. The van der Waals surface area contributed by atoms with Crippen LogP contribution in [0.15, 0.2) is 54.7 Å². The summed E-state index contributed by atoms with van der Waals surface area (Å²) in [5.74, 6) is -0.679. The molecule has 1 amide bonds. The molecule has 0 radical (unpaired) electrons. The highest BCUT2D eigenvalue weighted by Gasteiger charge is 2.34. The molecular weight excluding hydrogens is 291 g/mol. The quantitative estimate of drug-likeness (QED) is 0.773.